The Bertz CT molecular complexity index is 1150. The van der Waals surface area contributed by atoms with Crippen LogP contribution in [0.3, 0.4) is 0 Å². The summed E-state index contributed by atoms with van der Waals surface area (Å²) in [6.07, 6.45) is 2.53. The van der Waals surface area contributed by atoms with E-state index in [9.17, 15) is 14.7 Å². The summed E-state index contributed by atoms with van der Waals surface area (Å²) in [5.41, 5.74) is 0.996. The number of aliphatic hydroxyl groups is 1. The fraction of sp³-hybridized carbons (Fsp3) is 0.381. The molecule has 0 saturated carbocycles. The number of rotatable bonds is 6. The van der Waals surface area contributed by atoms with Gasteiger partial charge in [0.1, 0.15) is 16.8 Å². The van der Waals surface area contributed by atoms with E-state index in [0.717, 1.165) is 0 Å². The third-order valence-corrected chi connectivity index (χ3v) is 4.71. The zero-order valence-corrected chi connectivity index (χ0v) is 18.1. The third kappa shape index (κ3) is 4.97. The first-order chi connectivity index (χ1) is 14.6. The van der Waals surface area contributed by atoms with Crippen molar-refractivity contribution in [2.24, 2.45) is 7.05 Å². The van der Waals surface area contributed by atoms with E-state index in [0.29, 0.717) is 40.2 Å². The van der Waals surface area contributed by atoms with Crippen LogP contribution >= 0.6 is 0 Å². The maximum Gasteiger partial charge on any atom is 0.407 e. The van der Waals surface area contributed by atoms with E-state index in [-0.39, 0.29) is 11.6 Å². The molecule has 3 rings (SSSR count). The number of hydrogen-bond acceptors (Lipinski definition) is 8. The fourth-order valence-electron chi connectivity index (χ4n) is 2.97. The minimum absolute atomic E-state index is 0.240. The predicted octanol–water partition coefficient (Wildman–Crippen LogP) is 1.77. The van der Waals surface area contributed by atoms with Gasteiger partial charge in [-0.05, 0) is 39.0 Å². The van der Waals surface area contributed by atoms with Gasteiger partial charge in [0.05, 0.1) is 30.3 Å². The Kier molecular flexibility index (Phi) is 6.21. The van der Waals surface area contributed by atoms with Crippen LogP contribution in [0, 0.1) is 0 Å². The predicted molar refractivity (Wildman–Crippen MR) is 117 cm³/mol. The van der Waals surface area contributed by atoms with E-state index >= 15 is 0 Å². The molecule has 3 N–H and O–H groups in total. The molecule has 3 heterocycles. The number of anilines is 1. The van der Waals surface area contributed by atoms with Crippen LogP contribution < -0.4 is 16.2 Å². The summed E-state index contributed by atoms with van der Waals surface area (Å²) in [6.45, 7) is 5.43. The first kappa shape index (κ1) is 22.2. The molecule has 3 aromatic heterocycles. The number of nitrogens with one attached hydrogen (secondary N) is 2. The second kappa shape index (κ2) is 8.68. The van der Waals surface area contributed by atoms with Gasteiger partial charge in [-0.3, -0.25) is 9.78 Å². The lowest BCUT2D eigenvalue weighted by molar-refractivity contribution is 0.0739. The average molecular weight is 426 g/mol. The van der Waals surface area contributed by atoms with Gasteiger partial charge in [-0.1, -0.05) is 0 Å². The van der Waals surface area contributed by atoms with E-state index < -0.39 is 11.7 Å². The van der Waals surface area contributed by atoms with Crippen molar-refractivity contribution in [3.63, 3.8) is 0 Å². The van der Waals surface area contributed by atoms with Gasteiger partial charge in [0.25, 0.3) is 5.56 Å². The number of methoxy groups -OCH3 is 1. The molecule has 0 aromatic carbocycles. The Morgan fingerprint density at radius 1 is 1.32 bits per heavy atom. The van der Waals surface area contributed by atoms with Crippen molar-refractivity contribution in [1.29, 1.82) is 0 Å². The normalized spacial score (nSPS) is 12.5. The maximum absolute atomic E-state index is 12.7. The molecular weight excluding hydrogens is 400 g/mol. The fourth-order valence-corrected chi connectivity index (χ4v) is 2.97. The van der Waals surface area contributed by atoms with Gasteiger partial charge in [-0.15, -0.1) is 0 Å². The average Bonchev–Trinajstić information content (AvgIpc) is 2.73. The number of aryl methyl sites for hydroxylation is 1. The molecule has 0 saturated heterocycles. The lowest BCUT2D eigenvalue weighted by atomic mass is 10.0. The van der Waals surface area contributed by atoms with Gasteiger partial charge in [-0.25, -0.2) is 14.8 Å². The Morgan fingerprint density at radius 3 is 2.68 bits per heavy atom. The molecule has 164 valence electrons. The highest BCUT2D eigenvalue weighted by Gasteiger charge is 2.19. The summed E-state index contributed by atoms with van der Waals surface area (Å²) in [4.78, 5) is 37.5. The molecular formula is C21H26N6O4. The number of pyridine rings is 2. The lowest BCUT2D eigenvalue weighted by Gasteiger charge is -2.17. The zero-order chi connectivity index (χ0) is 22.8. The highest BCUT2D eigenvalue weighted by atomic mass is 16.5. The summed E-state index contributed by atoms with van der Waals surface area (Å²) < 4.78 is 5.99. The summed E-state index contributed by atoms with van der Waals surface area (Å²) in [5.74, 6) is 0.353. The molecule has 31 heavy (non-hydrogen) atoms. The first-order valence-electron chi connectivity index (χ1n) is 9.74. The number of aromatic nitrogens is 4. The van der Waals surface area contributed by atoms with Gasteiger partial charge in [0, 0.05) is 31.4 Å². The van der Waals surface area contributed by atoms with Gasteiger partial charge >= 0.3 is 6.09 Å². The number of carbonyl (C=O) groups is 1. The number of nitrogens with zero attached hydrogens (tertiary/aromatic N) is 4. The van der Waals surface area contributed by atoms with Crippen molar-refractivity contribution in [1.82, 2.24) is 24.8 Å². The van der Waals surface area contributed by atoms with Crippen LogP contribution in [0.15, 0.2) is 35.5 Å². The first-order valence-corrected chi connectivity index (χ1v) is 9.74. The van der Waals surface area contributed by atoms with E-state index in [1.807, 2.05) is 0 Å². The number of amides is 1. The second-order valence-electron chi connectivity index (χ2n) is 7.82. The van der Waals surface area contributed by atoms with Gasteiger partial charge in [-0.2, -0.15) is 0 Å². The molecule has 0 aliphatic carbocycles. The van der Waals surface area contributed by atoms with E-state index in [4.69, 9.17) is 0 Å². The molecule has 0 bridgehead atoms. The Hall–Kier alpha value is -3.53. The lowest BCUT2D eigenvalue weighted by Crippen LogP contribution is -2.37. The standard InChI is InChI=1S/C21H26N6O4/c1-12(25-20(29)31-5)9-23-18-17-15(24-11-27(4)19(17)28)8-14(26-18)13-6-7-16(22-10-13)21(2,3)30/h6-8,10-12,30H,9H2,1-5H3,(H,23,26)(H,25,29)/t12-/m0/s1. The molecule has 0 aliphatic rings. The van der Waals surface area contributed by atoms with Crippen LogP contribution in [0.25, 0.3) is 22.2 Å². The molecule has 0 radical (unpaired) electrons. The van der Waals surface area contributed by atoms with Gasteiger partial charge in [0.2, 0.25) is 0 Å². The van der Waals surface area contributed by atoms with E-state index in [1.165, 1.54) is 18.0 Å². The van der Waals surface area contributed by atoms with Gasteiger partial charge < -0.3 is 25.0 Å². The third-order valence-electron chi connectivity index (χ3n) is 4.71. The second-order valence-corrected chi connectivity index (χ2v) is 7.82. The summed E-state index contributed by atoms with van der Waals surface area (Å²) >= 11 is 0. The summed E-state index contributed by atoms with van der Waals surface area (Å²) in [7, 11) is 2.91. The smallest absolute Gasteiger partial charge is 0.407 e. The van der Waals surface area contributed by atoms with Crippen molar-refractivity contribution < 1.29 is 14.6 Å². The molecule has 10 heteroatoms. The summed E-state index contributed by atoms with van der Waals surface area (Å²) in [6, 6.07) is 4.98. The van der Waals surface area contributed by atoms with Crippen molar-refractivity contribution in [2.45, 2.75) is 32.4 Å². The number of fused-ring (bicyclic) bond motifs is 1. The molecule has 1 amide bonds. The Morgan fingerprint density at radius 2 is 2.06 bits per heavy atom. The van der Waals surface area contributed by atoms with Crippen LogP contribution in [-0.4, -0.2) is 50.4 Å². The van der Waals surface area contributed by atoms with Crippen LogP contribution in [0.4, 0.5) is 10.6 Å². The van der Waals surface area contributed by atoms with E-state index in [2.05, 4.69) is 30.3 Å². The molecule has 10 nitrogen and oxygen atoms in total. The molecule has 1 atom stereocenters. The minimum atomic E-state index is -1.06. The highest BCUT2D eigenvalue weighted by molar-refractivity contribution is 5.91. The molecule has 0 unspecified atom stereocenters. The number of hydrogen-bond donors (Lipinski definition) is 3. The molecule has 0 spiro atoms. The minimum Gasteiger partial charge on any atom is -0.453 e. The summed E-state index contributed by atoms with van der Waals surface area (Å²) in [5, 5.41) is 16.3. The van der Waals surface area contributed by atoms with Crippen LogP contribution in [0.1, 0.15) is 26.5 Å². The van der Waals surface area contributed by atoms with Crippen molar-refractivity contribution in [3.05, 3.63) is 46.8 Å². The quantitative estimate of drug-likeness (QED) is 0.544. The zero-order valence-electron chi connectivity index (χ0n) is 18.1. The largest absolute Gasteiger partial charge is 0.453 e. The molecule has 3 aromatic rings. The topological polar surface area (TPSA) is 131 Å². The van der Waals surface area contributed by atoms with Crippen LogP contribution in [0.2, 0.25) is 0 Å². The molecule has 0 aliphatic heterocycles. The number of carbonyl (C=O) groups excluding carboxylic acids is 1. The van der Waals surface area contributed by atoms with Crippen molar-refractivity contribution >= 4 is 22.8 Å². The van der Waals surface area contributed by atoms with Crippen LogP contribution in [-0.2, 0) is 17.4 Å². The number of alkyl carbamates (subject to hydrolysis) is 1. The maximum atomic E-state index is 12.7. The molecule has 0 fully saturated rings. The van der Waals surface area contributed by atoms with Crippen LogP contribution in [0.5, 0.6) is 0 Å². The van der Waals surface area contributed by atoms with E-state index in [1.54, 1.807) is 52.2 Å². The van der Waals surface area contributed by atoms with Gasteiger partial charge in [0.15, 0.2) is 0 Å². The van der Waals surface area contributed by atoms with Crippen molar-refractivity contribution in [3.8, 4) is 11.3 Å². The highest BCUT2D eigenvalue weighted by Crippen LogP contribution is 2.26. The monoisotopic (exact) mass is 426 g/mol. The Balaban J connectivity index is 2.02. The Labute approximate surface area is 179 Å². The van der Waals surface area contributed by atoms with Crippen molar-refractivity contribution in [2.75, 3.05) is 19.0 Å². The SMILES string of the molecule is COC(=O)N[C@@H](C)CNc1nc(-c2ccc(C(C)(C)O)nc2)cc2ncn(C)c(=O)c12. The number of ether oxygens (including phenoxy) is 1.